The van der Waals surface area contributed by atoms with E-state index in [0.717, 1.165) is 55.6 Å². The lowest BCUT2D eigenvalue weighted by Gasteiger charge is -2.35. The first-order valence-corrected chi connectivity index (χ1v) is 26.6. The van der Waals surface area contributed by atoms with Gasteiger partial charge in [0, 0.05) is 59.1 Å². The monoisotopic (exact) mass is 1080 g/mol. The Morgan fingerprint density at radius 3 is 2.29 bits per heavy atom. The number of likely N-dealkylation sites (tertiary alicyclic amines) is 1. The van der Waals surface area contributed by atoms with Crippen LogP contribution in [0.25, 0.3) is 16.3 Å². The standard InChI is InChI=1S/C56H66ClN9O9S/c1-32-35(4)76-55-48(32)49(39-14-18-41(57)19-15-39)61-44(52-64-63-36(5)66(52)55)27-46(68)60-33(2)38-16-20-43(21-17-38)74-23-9-22-72-24-25-73-30-47(69)62-51(56(6,7)8)54(71)65-29-42(67)26-45(65)53(70)58-28-37-10-12-40(13-11-37)50-34(3)59-31-75-50/h10-21,31,33,42,44-45,51,67H,9,22-30H2,1-8H3,(H,58,70)(H,60,68)(H,62,69)/t33-,42-,44+,45+,51?/m1/s1. The fourth-order valence-electron chi connectivity index (χ4n) is 9.26. The van der Waals surface area contributed by atoms with Gasteiger partial charge in [0.15, 0.2) is 18.0 Å². The molecule has 5 heterocycles. The van der Waals surface area contributed by atoms with Gasteiger partial charge in [0.05, 0.1) is 49.8 Å². The lowest BCUT2D eigenvalue weighted by atomic mass is 9.85. The lowest BCUT2D eigenvalue weighted by Crippen LogP contribution is -2.58. The van der Waals surface area contributed by atoms with Crippen molar-refractivity contribution in [2.75, 3.05) is 39.6 Å². The van der Waals surface area contributed by atoms with Crippen LogP contribution in [-0.2, 0) is 35.2 Å². The second-order valence-corrected chi connectivity index (χ2v) is 21.9. The number of aromatic nitrogens is 4. The molecule has 76 heavy (non-hydrogen) atoms. The molecule has 0 radical (unpaired) electrons. The number of aliphatic hydroxyl groups excluding tert-OH is 1. The van der Waals surface area contributed by atoms with Gasteiger partial charge in [-0.2, -0.15) is 0 Å². The Bertz CT molecular complexity index is 3040. The molecule has 18 nitrogen and oxygen atoms in total. The highest BCUT2D eigenvalue weighted by Gasteiger charge is 2.44. The zero-order chi connectivity index (χ0) is 54.3. The van der Waals surface area contributed by atoms with Crippen LogP contribution in [0, 0.1) is 33.1 Å². The average molecular weight is 1080 g/mol. The fourth-order valence-corrected chi connectivity index (χ4v) is 10.6. The molecule has 5 atom stereocenters. The normalized spacial score (nSPS) is 17.0. The van der Waals surface area contributed by atoms with Gasteiger partial charge in [0.2, 0.25) is 23.6 Å². The van der Waals surface area contributed by atoms with Crippen molar-refractivity contribution in [1.29, 1.82) is 0 Å². The predicted octanol–water partition coefficient (Wildman–Crippen LogP) is 7.64. The molecule has 6 aromatic rings. The molecule has 402 valence electrons. The topological polar surface area (TPSA) is 225 Å². The van der Waals surface area contributed by atoms with Gasteiger partial charge in [-0.25, -0.2) is 4.98 Å². The van der Waals surface area contributed by atoms with Gasteiger partial charge >= 0.3 is 0 Å². The minimum Gasteiger partial charge on any atom is -0.494 e. The first kappa shape index (κ1) is 55.5. The summed E-state index contributed by atoms with van der Waals surface area (Å²) in [5.41, 5.74) is 6.49. The summed E-state index contributed by atoms with van der Waals surface area (Å²) in [6.07, 6.45) is 1.26. The van der Waals surface area contributed by atoms with Crippen LogP contribution in [0.3, 0.4) is 0 Å². The number of ether oxygens (including phenoxy) is 3. The maximum atomic E-state index is 14.0. The summed E-state index contributed by atoms with van der Waals surface area (Å²) in [4.78, 5) is 66.1. The Hall–Kier alpha value is -6.77. The Morgan fingerprint density at radius 1 is 0.882 bits per heavy atom. The Morgan fingerprint density at radius 2 is 1.59 bits per heavy atom. The molecule has 3 aromatic carbocycles. The number of nitrogens with one attached hydrogen (secondary N) is 3. The highest BCUT2D eigenvalue weighted by Crippen LogP contribution is 2.40. The van der Waals surface area contributed by atoms with E-state index >= 15 is 0 Å². The molecule has 0 spiro atoms. The largest absolute Gasteiger partial charge is 0.494 e. The predicted molar refractivity (Wildman–Crippen MR) is 289 cm³/mol. The summed E-state index contributed by atoms with van der Waals surface area (Å²) >= 11 is 7.93. The van der Waals surface area contributed by atoms with Crippen molar-refractivity contribution < 1.29 is 42.9 Å². The first-order valence-electron chi connectivity index (χ1n) is 25.4. The Labute approximate surface area is 451 Å². The van der Waals surface area contributed by atoms with E-state index in [1.54, 1.807) is 11.3 Å². The molecule has 4 amide bonds. The number of hydrogen-bond donors (Lipinski definition) is 4. The molecule has 0 saturated carbocycles. The van der Waals surface area contributed by atoms with Crippen molar-refractivity contribution in [3.05, 3.63) is 134 Å². The number of carbonyl (C=O) groups excluding carboxylic acids is 4. The molecule has 20 heteroatoms. The van der Waals surface area contributed by atoms with Gasteiger partial charge in [-0.1, -0.05) is 80.9 Å². The number of rotatable bonds is 21. The number of benzene rings is 3. The number of β-amino-alcohol motifs (C(OH)–C–C–N with tert-alkyl or cyclic N) is 1. The van der Waals surface area contributed by atoms with Gasteiger partial charge in [-0.05, 0) is 81.0 Å². The van der Waals surface area contributed by atoms with Crippen LogP contribution in [-0.4, -0.2) is 117 Å². The van der Waals surface area contributed by atoms with Gasteiger partial charge in [0.1, 0.15) is 41.3 Å². The molecule has 0 aliphatic carbocycles. The van der Waals surface area contributed by atoms with Gasteiger partial charge < -0.3 is 44.6 Å². The number of aliphatic imine (C=N–C) groups is 1. The SMILES string of the molecule is Cc1ncoc1-c1ccc(CNC(=O)[C@@H]2C[C@@H](O)CN2C(=O)C(NC(=O)COCCOCCCOc2ccc([C@@H](C)NC(=O)C[C@@H]3N=C(c4ccc(Cl)cc4)c4c(sc(C)c4C)-n4c(C)nnc43)cc2)C(C)(C)C)cc1. The van der Waals surface area contributed by atoms with Crippen molar-refractivity contribution in [2.24, 2.45) is 10.4 Å². The molecule has 2 aliphatic rings. The molecular weight excluding hydrogens is 1010 g/mol. The Kier molecular flexibility index (Phi) is 17.9. The minimum absolute atomic E-state index is 0.0345. The summed E-state index contributed by atoms with van der Waals surface area (Å²) in [5.74, 6) is 1.16. The van der Waals surface area contributed by atoms with E-state index in [9.17, 15) is 24.3 Å². The van der Waals surface area contributed by atoms with Gasteiger partial charge in [0.25, 0.3) is 0 Å². The average Bonchev–Trinajstić information content (AvgIpc) is 4.16. The number of aryl methyl sites for hydroxylation is 3. The summed E-state index contributed by atoms with van der Waals surface area (Å²) in [6.45, 7) is 16.4. The van der Waals surface area contributed by atoms with Crippen LogP contribution in [0.15, 0.2) is 88.6 Å². The van der Waals surface area contributed by atoms with Crippen LogP contribution in [0.5, 0.6) is 5.75 Å². The van der Waals surface area contributed by atoms with Gasteiger partial charge in [-0.15, -0.1) is 21.5 Å². The number of amides is 4. The van der Waals surface area contributed by atoms with Gasteiger partial charge in [-0.3, -0.25) is 28.7 Å². The minimum atomic E-state index is -0.985. The van der Waals surface area contributed by atoms with Crippen molar-refractivity contribution >= 4 is 52.3 Å². The van der Waals surface area contributed by atoms with E-state index in [0.29, 0.717) is 42.0 Å². The number of carbonyl (C=O) groups is 4. The summed E-state index contributed by atoms with van der Waals surface area (Å²) in [7, 11) is 0. The smallest absolute Gasteiger partial charge is 0.246 e. The molecule has 2 aliphatic heterocycles. The number of hydrogen-bond acceptors (Lipinski definition) is 14. The molecule has 4 N–H and O–H groups in total. The lowest BCUT2D eigenvalue weighted by molar-refractivity contribution is -0.144. The zero-order valence-corrected chi connectivity index (χ0v) is 45.7. The molecule has 0 bridgehead atoms. The molecule has 1 saturated heterocycles. The number of oxazole rings is 1. The van der Waals surface area contributed by atoms with E-state index < -0.39 is 47.4 Å². The summed E-state index contributed by atoms with van der Waals surface area (Å²) in [5, 5.41) is 30.0. The summed E-state index contributed by atoms with van der Waals surface area (Å²) in [6, 6.07) is 19.9. The highest BCUT2D eigenvalue weighted by atomic mass is 35.5. The number of aliphatic hydroxyl groups is 1. The Balaban J connectivity index is 0.734. The second-order valence-electron chi connectivity index (χ2n) is 20.3. The fraction of sp³-hybridized carbons (Fsp3) is 0.429. The van der Waals surface area contributed by atoms with Crippen molar-refractivity contribution in [3.63, 3.8) is 0 Å². The molecule has 1 fully saturated rings. The first-order chi connectivity index (χ1) is 36.4. The van der Waals surface area contributed by atoms with Crippen LogP contribution >= 0.6 is 22.9 Å². The highest BCUT2D eigenvalue weighted by molar-refractivity contribution is 7.15. The summed E-state index contributed by atoms with van der Waals surface area (Å²) < 4.78 is 24.7. The van der Waals surface area contributed by atoms with Crippen molar-refractivity contribution in [1.82, 2.24) is 40.6 Å². The quantitative estimate of drug-likeness (QED) is 0.0511. The van der Waals surface area contributed by atoms with E-state index in [-0.39, 0.29) is 57.7 Å². The molecule has 1 unspecified atom stereocenters. The van der Waals surface area contributed by atoms with E-state index in [1.165, 1.54) is 16.2 Å². The molecule has 3 aromatic heterocycles. The van der Waals surface area contributed by atoms with Crippen LogP contribution < -0.4 is 20.7 Å². The molecule has 8 rings (SSSR count). The third kappa shape index (κ3) is 13.2. The van der Waals surface area contributed by atoms with Crippen LogP contribution in [0.1, 0.15) is 109 Å². The van der Waals surface area contributed by atoms with Crippen LogP contribution in [0.4, 0.5) is 0 Å². The second kappa shape index (κ2) is 24.5. The van der Waals surface area contributed by atoms with Crippen molar-refractivity contribution in [2.45, 2.75) is 111 Å². The maximum absolute atomic E-state index is 14.0. The van der Waals surface area contributed by atoms with Crippen molar-refractivity contribution in [3.8, 4) is 22.1 Å². The third-order valence-electron chi connectivity index (χ3n) is 13.5. The zero-order valence-electron chi connectivity index (χ0n) is 44.1. The number of halogens is 1. The third-order valence-corrected chi connectivity index (χ3v) is 15.0. The number of thiophene rings is 1. The van der Waals surface area contributed by atoms with Crippen LogP contribution in [0.2, 0.25) is 5.02 Å². The van der Waals surface area contributed by atoms with E-state index in [2.05, 4.69) is 45.0 Å². The van der Waals surface area contributed by atoms with E-state index in [1.807, 2.05) is 119 Å². The number of nitrogens with zero attached hydrogens (tertiary/aromatic N) is 6. The number of fused-ring (bicyclic) bond motifs is 3. The molecular formula is C56H66ClN9O9S. The maximum Gasteiger partial charge on any atom is 0.246 e. The van der Waals surface area contributed by atoms with E-state index in [4.69, 9.17) is 35.2 Å².